The highest BCUT2D eigenvalue weighted by Gasteiger charge is 1.98. The van der Waals surface area contributed by atoms with Gasteiger partial charge in [-0.05, 0) is 12.8 Å². The summed E-state index contributed by atoms with van der Waals surface area (Å²) in [5.74, 6) is -0.278. The molecule has 2 N–H and O–H groups in total. The van der Waals surface area contributed by atoms with Crippen molar-refractivity contribution in [2.75, 3.05) is 6.54 Å². The number of nitrogens with one attached hydrogen (secondary N) is 1. The first kappa shape index (κ1) is 21.8. The second-order valence-electron chi connectivity index (χ2n) is 6.21. The third-order valence-corrected chi connectivity index (χ3v) is 4.11. The van der Waals surface area contributed by atoms with Gasteiger partial charge in [0.05, 0.1) is 6.54 Å². The predicted octanol–water partition coefficient (Wildman–Crippen LogP) is 4.68. The van der Waals surface area contributed by atoms with E-state index in [-0.39, 0.29) is 5.91 Å². The van der Waals surface area contributed by atoms with E-state index in [9.17, 15) is 9.59 Å². The highest BCUT2D eigenvalue weighted by Crippen LogP contribution is 2.13. The Bertz CT molecular complexity index is 315. The van der Waals surface area contributed by atoms with Crippen molar-refractivity contribution >= 4 is 12.0 Å². The van der Waals surface area contributed by atoms with E-state index in [1.54, 1.807) is 11.6 Å². The van der Waals surface area contributed by atoms with Crippen LogP contribution in [0.1, 0.15) is 96.3 Å². The molecule has 0 aliphatic carbocycles. The van der Waals surface area contributed by atoms with E-state index in [1.807, 2.05) is 0 Å². The lowest BCUT2D eigenvalue weighted by Gasteiger charge is -2.03. The van der Waals surface area contributed by atoms with Crippen LogP contribution in [0, 0.1) is 0 Å². The molecule has 0 atom stereocenters. The van der Waals surface area contributed by atoms with Crippen molar-refractivity contribution < 1.29 is 14.8 Å². The number of amides is 1. The quantitative estimate of drug-likeness (QED) is 0.134. The molecule has 0 aliphatic heterocycles. The SMILES string of the molecule is O=C=NCCCCCCCCCCCCCCCCC(=O)NO. The van der Waals surface area contributed by atoms with Crippen LogP contribution in [-0.4, -0.2) is 23.7 Å². The topological polar surface area (TPSA) is 78.8 Å². The van der Waals surface area contributed by atoms with Crippen molar-refractivity contribution in [3.05, 3.63) is 0 Å². The van der Waals surface area contributed by atoms with E-state index in [4.69, 9.17) is 5.21 Å². The van der Waals surface area contributed by atoms with Crippen molar-refractivity contribution in [1.82, 2.24) is 5.48 Å². The van der Waals surface area contributed by atoms with Crippen molar-refractivity contribution in [2.45, 2.75) is 96.3 Å². The Labute approximate surface area is 140 Å². The second-order valence-corrected chi connectivity index (χ2v) is 6.21. The fourth-order valence-corrected chi connectivity index (χ4v) is 2.70. The standard InChI is InChI=1S/C18H34N2O3/c21-17-19-16-14-12-10-8-6-4-2-1-3-5-7-9-11-13-15-18(22)20-23/h23H,1-16H2,(H,20,22). The van der Waals surface area contributed by atoms with Gasteiger partial charge in [-0.3, -0.25) is 10.0 Å². The van der Waals surface area contributed by atoms with Crippen molar-refractivity contribution in [2.24, 2.45) is 4.99 Å². The van der Waals surface area contributed by atoms with E-state index in [0.29, 0.717) is 13.0 Å². The monoisotopic (exact) mass is 326 g/mol. The van der Waals surface area contributed by atoms with E-state index in [2.05, 4.69) is 4.99 Å². The lowest BCUT2D eigenvalue weighted by molar-refractivity contribution is -0.129. The fourth-order valence-electron chi connectivity index (χ4n) is 2.70. The average Bonchev–Trinajstić information content (AvgIpc) is 2.57. The highest BCUT2D eigenvalue weighted by atomic mass is 16.5. The van der Waals surface area contributed by atoms with Gasteiger partial charge in [0.1, 0.15) is 0 Å². The van der Waals surface area contributed by atoms with Crippen LogP contribution in [0.15, 0.2) is 4.99 Å². The van der Waals surface area contributed by atoms with Crippen LogP contribution >= 0.6 is 0 Å². The molecule has 0 bridgehead atoms. The van der Waals surface area contributed by atoms with Crippen LogP contribution < -0.4 is 5.48 Å². The zero-order valence-corrected chi connectivity index (χ0v) is 14.5. The molecule has 0 heterocycles. The molecular formula is C18H34N2O3. The number of rotatable bonds is 17. The molecule has 5 heteroatoms. The number of nitrogens with zero attached hydrogens (tertiary/aromatic N) is 1. The van der Waals surface area contributed by atoms with Gasteiger partial charge in [0.15, 0.2) is 0 Å². The fraction of sp³-hybridized carbons (Fsp3) is 0.889. The molecule has 0 fully saturated rings. The average molecular weight is 326 g/mol. The summed E-state index contributed by atoms with van der Waals surface area (Å²) in [7, 11) is 0. The molecule has 0 saturated heterocycles. The Hall–Kier alpha value is -1.19. The van der Waals surface area contributed by atoms with Gasteiger partial charge in [0.25, 0.3) is 0 Å². The molecule has 5 nitrogen and oxygen atoms in total. The zero-order chi connectivity index (χ0) is 17.0. The number of hydrogen-bond donors (Lipinski definition) is 2. The van der Waals surface area contributed by atoms with E-state index in [0.717, 1.165) is 19.3 Å². The van der Waals surface area contributed by atoms with Crippen molar-refractivity contribution in [1.29, 1.82) is 0 Å². The van der Waals surface area contributed by atoms with Gasteiger partial charge in [-0.15, -0.1) is 0 Å². The second kappa shape index (κ2) is 18.9. The minimum atomic E-state index is -0.278. The number of hydroxylamine groups is 1. The van der Waals surface area contributed by atoms with Gasteiger partial charge < -0.3 is 0 Å². The van der Waals surface area contributed by atoms with Crippen molar-refractivity contribution in [3.8, 4) is 0 Å². The molecule has 0 saturated carbocycles. The molecule has 0 aromatic carbocycles. The summed E-state index contributed by atoms with van der Waals surface area (Å²) in [5.41, 5.74) is 1.66. The number of aliphatic imine (C=N–C) groups is 1. The molecule has 0 radical (unpaired) electrons. The molecular weight excluding hydrogens is 292 g/mol. The number of carbonyl (C=O) groups is 1. The van der Waals surface area contributed by atoms with E-state index < -0.39 is 0 Å². The summed E-state index contributed by atoms with van der Waals surface area (Å²) in [6.45, 7) is 0.637. The summed E-state index contributed by atoms with van der Waals surface area (Å²) in [5, 5.41) is 8.35. The third-order valence-electron chi connectivity index (χ3n) is 4.11. The Kier molecular flexibility index (Phi) is 17.9. The summed E-state index contributed by atoms with van der Waals surface area (Å²) in [4.78, 5) is 24.2. The first-order valence-corrected chi connectivity index (χ1v) is 9.28. The van der Waals surface area contributed by atoms with E-state index in [1.165, 1.54) is 70.6 Å². The van der Waals surface area contributed by atoms with Crippen LogP contribution in [0.25, 0.3) is 0 Å². The number of isocyanates is 1. The minimum Gasteiger partial charge on any atom is -0.289 e. The summed E-state index contributed by atoms with van der Waals surface area (Å²) < 4.78 is 0. The van der Waals surface area contributed by atoms with Gasteiger partial charge in [0, 0.05) is 6.42 Å². The van der Waals surface area contributed by atoms with Gasteiger partial charge in [-0.1, -0.05) is 77.0 Å². The van der Waals surface area contributed by atoms with Crippen LogP contribution in [0.3, 0.4) is 0 Å². The molecule has 23 heavy (non-hydrogen) atoms. The number of unbranched alkanes of at least 4 members (excludes halogenated alkanes) is 13. The van der Waals surface area contributed by atoms with Crippen LogP contribution in [0.4, 0.5) is 0 Å². The molecule has 0 spiro atoms. The van der Waals surface area contributed by atoms with Crippen LogP contribution in [0.2, 0.25) is 0 Å². The Balaban J connectivity index is 3.02. The summed E-state index contributed by atoms with van der Waals surface area (Å²) in [6, 6.07) is 0. The number of hydrogen-bond acceptors (Lipinski definition) is 4. The Morgan fingerprint density at radius 1 is 0.739 bits per heavy atom. The largest absolute Gasteiger partial charge is 0.289 e. The summed E-state index contributed by atoms with van der Waals surface area (Å²) in [6.07, 6.45) is 19.1. The molecule has 0 aromatic heterocycles. The Morgan fingerprint density at radius 3 is 1.52 bits per heavy atom. The molecule has 0 aromatic rings. The van der Waals surface area contributed by atoms with Gasteiger partial charge in [-0.2, -0.15) is 0 Å². The van der Waals surface area contributed by atoms with Gasteiger partial charge in [-0.25, -0.2) is 15.3 Å². The highest BCUT2D eigenvalue weighted by molar-refractivity contribution is 5.74. The maximum absolute atomic E-state index is 10.8. The first-order valence-electron chi connectivity index (χ1n) is 9.28. The molecule has 134 valence electrons. The first-order chi connectivity index (χ1) is 11.3. The maximum atomic E-state index is 10.8. The van der Waals surface area contributed by atoms with Crippen molar-refractivity contribution in [3.63, 3.8) is 0 Å². The smallest absolute Gasteiger partial charge is 0.243 e. The lowest BCUT2D eigenvalue weighted by Crippen LogP contribution is -2.17. The zero-order valence-electron chi connectivity index (χ0n) is 14.5. The summed E-state index contributed by atoms with van der Waals surface area (Å²) >= 11 is 0. The molecule has 0 unspecified atom stereocenters. The number of carbonyl (C=O) groups excluding carboxylic acids is 2. The van der Waals surface area contributed by atoms with E-state index >= 15 is 0 Å². The van der Waals surface area contributed by atoms with Crippen LogP contribution in [-0.2, 0) is 9.59 Å². The third kappa shape index (κ3) is 18.8. The Morgan fingerprint density at radius 2 is 1.13 bits per heavy atom. The predicted molar refractivity (Wildman–Crippen MR) is 92.2 cm³/mol. The van der Waals surface area contributed by atoms with Crippen LogP contribution in [0.5, 0.6) is 0 Å². The molecule has 1 amide bonds. The van der Waals surface area contributed by atoms with Gasteiger partial charge >= 0.3 is 0 Å². The molecule has 0 rings (SSSR count). The normalized spacial score (nSPS) is 10.3. The maximum Gasteiger partial charge on any atom is 0.243 e. The van der Waals surface area contributed by atoms with Gasteiger partial charge in [0.2, 0.25) is 12.0 Å². The molecule has 0 aliphatic rings. The minimum absolute atomic E-state index is 0.278. The lowest BCUT2D eigenvalue weighted by atomic mass is 10.0.